The van der Waals surface area contributed by atoms with Crippen molar-refractivity contribution in [3.8, 4) is 11.4 Å². The molecule has 5 aromatic rings. The van der Waals surface area contributed by atoms with Crippen molar-refractivity contribution >= 4 is 29.0 Å². The zero-order valence-electron chi connectivity index (χ0n) is 20.2. The van der Waals surface area contributed by atoms with Gasteiger partial charge in [-0.3, -0.25) is 4.79 Å². The fraction of sp³-hybridized carbons (Fsp3) is 0.0938. The Morgan fingerprint density at radius 1 is 0.865 bits per heavy atom. The lowest BCUT2D eigenvalue weighted by Gasteiger charge is -2.09. The predicted octanol–water partition coefficient (Wildman–Crippen LogP) is 7.54. The fourth-order valence-corrected chi connectivity index (χ4v) is 4.26. The third-order valence-corrected chi connectivity index (χ3v) is 6.22. The number of carbonyl (C=O) groups is 1. The minimum absolute atomic E-state index is 0.100. The Labute approximate surface area is 214 Å². The van der Waals surface area contributed by atoms with Crippen LogP contribution in [0, 0.1) is 5.82 Å². The standard InChI is InChI=1S/C32H26FNO3/c33-27-12-16-29(17-13-27)37-22-25-7-14-28(15-8-25)34-21-26(11-6-23-4-2-1-3-5-23)30-20-24(9-18-31(30)34)10-19-32(35)36/h1-9,11-18,20-21H,10,19,22H2,(H,35,36). The number of ether oxygens (including phenoxy) is 1. The van der Waals surface area contributed by atoms with E-state index in [0.29, 0.717) is 18.8 Å². The number of carboxylic acids is 1. The zero-order valence-corrected chi connectivity index (χ0v) is 20.2. The maximum Gasteiger partial charge on any atom is 0.303 e. The van der Waals surface area contributed by atoms with Crippen molar-refractivity contribution in [3.05, 3.63) is 131 Å². The Kier molecular flexibility index (Phi) is 7.13. The van der Waals surface area contributed by atoms with Gasteiger partial charge in [0.15, 0.2) is 0 Å². The first-order valence-electron chi connectivity index (χ1n) is 12.1. The van der Waals surface area contributed by atoms with Gasteiger partial charge in [-0.2, -0.15) is 0 Å². The quantitative estimate of drug-likeness (QED) is 0.232. The number of hydrogen-bond acceptors (Lipinski definition) is 2. The minimum atomic E-state index is -0.801. The number of hydrogen-bond donors (Lipinski definition) is 1. The Morgan fingerprint density at radius 3 is 2.32 bits per heavy atom. The Bertz CT molecular complexity index is 1540. The van der Waals surface area contributed by atoms with Gasteiger partial charge in [-0.1, -0.05) is 60.7 Å². The van der Waals surface area contributed by atoms with Gasteiger partial charge >= 0.3 is 5.97 Å². The van der Waals surface area contributed by atoms with Gasteiger partial charge in [0.2, 0.25) is 0 Å². The second-order valence-electron chi connectivity index (χ2n) is 8.85. The normalized spacial score (nSPS) is 11.3. The molecule has 1 N–H and O–H groups in total. The van der Waals surface area contributed by atoms with Crippen LogP contribution in [0.25, 0.3) is 28.7 Å². The van der Waals surface area contributed by atoms with Gasteiger partial charge in [0.05, 0.1) is 5.52 Å². The predicted molar refractivity (Wildman–Crippen MR) is 145 cm³/mol. The van der Waals surface area contributed by atoms with Crippen molar-refractivity contribution < 1.29 is 19.0 Å². The first kappa shape index (κ1) is 24.1. The number of benzene rings is 4. The molecule has 0 saturated carbocycles. The molecule has 0 radical (unpaired) electrons. The minimum Gasteiger partial charge on any atom is -0.489 e. The van der Waals surface area contributed by atoms with E-state index in [1.54, 1.807) is 12.1 Å². The van der Waals surface area contributed by atoms with Gasteiger partial charge in [-0.15, -0.1) is 0 Å². The van der Waals surface area contributed by atoms with Gasteiger partial charge in [0.25, 0.3) is 0 Å². The first-order valence-corrected chi connectivity index (χ1v) is 12.1. The number of halogens is 1. The maximum atomic E-state index is 13.1. The van der Waals surface area contributed by atoms with Crippen LogP contribution in [0.1, 0.15) is 28.7 Å². The van der Waals surface area contributed by atoms with Crippen molar-refractivity contribution in [1.29, 1.82) is 0 Å². The van der Waals surface area contributed by atoms with Crippen LogP contribution in [0.3, 0.4) is 0 Å². The van der Waals surface area contributed by atoms with E-state index in [0.717, 1.165) is 38.8 Å². The number of aliphatic carboxylic acids is 1. The molecule has 0 unspecified atom stereocenters. The molecule has 0 amide bonds. The summed E-state index contributed by atoms with van der Waals surface area (Å²) in [4.78, 5) is 11.1. The summed E-state index contributed by atoms with van der Waals surface area (Å²) in [6, 6.07) is 30.4. The zero-order chi connectivity index (χ0) is 25.6. The van der Waals surface area contributed by atoms with Crippen LogP contribution in [-0.2, 0) is 17.8 Å². The molecule has 1 aromatic heterocycles. The second kappa shape index (κ2) is 11.0. The van der Waals surface area contributed by atoms with E-state index in [1.165, 1.54) is 12.1 Å². The number of rotatable bonds is 9. The largest absolute Gasteiger partial charge is 0.489 e. The molecule has 0 aliphatic rings. The number of aromatic nitrogens is 1. The van der Waals surface area contributed by atoms with Crippen LogP contribution in [0.2, 0.25) is 0 Å². The van der Waals surface area contributed by atoms with E-state index in [9.17, 15) is 9.18 Å². The molecule has 0 aliphatic heterocycles. The van der Waals surface area contributed by atoms with E-state index in [2.05, 4.69) is 47.2 Å². The summed E-state index contributed by atoms with van der Waals surface area (Å²) in [5.41, 5.74) is 6.21. The summed E-state index contributed by atoms with van der Waals surface area (Å²) >= 11 is 0. The number of fused-ring (bicyclic) bond motifs is 1. The average Bonchev–Trinajstić information content (AvgIpc) is 3.29. The summed E-state index contributed by atoms with van der Waals surface area (Å²) in [6.45, 7) is 0.385. The summed E-state index contributed by atoms with van der Waals surface area (Å²) in [5.74, 6) is -0.469. The molecule has 4 nitrogen and oxygen atoms in total. The highest BCUT2D eigenvalue weighted by Crippen LogP contribution is 2.28. The lowest BCUT2D eigenvalue weighted by atomic mass is 10.0. The lowest BCUT2D eigenvalue weighted by molar-refractivity contribution is -0.136. The van der Waals surface area contributed by atoms with Gasteiger partial charge in [-0.25, -0.2) is 4.39 Å². The molecule has 0 saturated heterocycles. The molecule has 0 spiro atoms. The van der Waals surface area contributed by atoms with Crippen LogP contribution in [0.4, 0.5) is 4.39 Å². The van der Waals surface area contributed by atoms with Crippen molar-refractivity contribution in [2.24, 2.45) is 0 Å². The Balaban J connectivity index is 1.43. The van der Waals surface area contributed by atoms with Gasteiger partial charge in [0, 0.05) is 29.3 Å². The average molecular weight is 492 g/mol. The number of aryl methyl sites for hydroxylation is 1. The summed E-state index contributed by atoms with van der Waals surface area (Å²) in [5, 5.41) is 10.2. The molecule has 5 heteroatoms. The molecule has 0 aliphatic carbocycles. The fourth-order valence-electron chi connectivity index (χ4n) is 4.26. The van der Waals surface area contributed by atoms with Crippen molar-refractivity contribution in [1.82, 2.24) is 4.57 Å². The van der Waals surface area contributed by atoms with Gasteiger partial charge < -0.3 is 14.4 Å². The molecule has 4 aromatic carbocycles. The van der Waals surface area contributed by atoms with E-state index >= 15 is 0 Å². The van der Waals surface area contributed by atoms with Crippen LogP contribution >= 0.6 is 0 Å². The summed E-state index contributed by atoms with van der Waals surface area (Å²) in [7, 11) is 0. The first-order chi connectivity index (χ1) is 18.0. The highest BCUT2D eigenvalue weighted by Gasteiger charge is 2.11. The highest BCUT2D eigenvalue weighted by atomic mass is 19.1. The maximum absolute atomic E-state index is 13.1. The molecule has 37 heavy (non-hydrogen) atoms. The third kappa shape index (κ3) is 5.96. The molecule has 5 rings (SSSR count). The van der Waals surface area contributed by atoms with Crippen LogP contribution in [0.5, 0.6) is 5.75 Å². The Hall–Kier alpha value is -4.64. The molecule has 0 atom stereocenters. The Morgan fingerprint density at radius 2 is 1.59 bits per heavy atom. The molecular weight excluding hydrogens is 465 g/mol. The molecule has 184 valence electrons. The molecule has 1 heterocycles. The smallest absolute Gasteiger partial charge is 0.303 e. The molecular formula is C32H26FNO3. The summed E-state index contributed by atoms with van der Waals surface area (Å²) < 4.78 is 21.0. The van der Waals surface area contributed by atoms with Crippen LogP contribution in [0.15, 0.2) is 103 Å². The third-order valence-electron chi connectivity index (χ3n) is 6.22. The topological polar surface area (TPSA) is 51.5 Å². The van der Waals surface area contributed by atoms with E-state index < -0.39 is 5.97 Å². The number of carboxylic acid groups (broad SMARTS) is 1. The summed E-state index contributed by atoms with van der Waals surface area (Å²) in [6.07, 6.45) is 6.87. The number of nitrogens with zero attached hydrogens (tertiary/aromatic N) is 1. The van der Waals surface area contributed by atoms with Gasteiger partial charge in [0.1, 0.15) is 18.2 Å². The van der Waals surface area contributed by atoms with E-state index in [-0.39, 0.29) is 12.2 Å². The van der Waals surface area contributed by atoms with Crippen molar-refractivity contribution in [2.75, 3.05) is 0 Å². The van der Waals surface area contributed by atoms with E-state index in [4.69, 9.17) is 9.84 Å². The monoisotopic (exact) mass is 491 g/mol. The van der Waals surface area contributed by atoms with Crippen LogP contribution in [-0.4, -0.2) is 15.6 Å². The SMILES string of the molecule is O=C(O)CCc1ccc2c(c1)c(C=Cc1ccccc1)cn2-c1ccc(COc2ccc(F)cc2)cc1. The lowest BCUT2D eigenvalue weighted by Crippen LogP contribution is -1.98. The van der Waals surface area contributed by atoms with Crippen molar-refractivity contribution in [2.45, 2.75) is 19.4 Å². The highest BCUT2D eigenvalue weighted by molar-refractivity contribution is 5.93. The van der Waals surface area contributed by atoms with Crippen LogP contribution < -0.4 is 4.74 Å². The van der Waals surface area contributed by atoms with Gasteiger partial charge in [-0.05, 0) is 71.6 Å². The molecule has 0 bridgehead atoms. The second-order valence-corrected chi connectivity index (χ2v) is 8.85. The molecule has 0 fully saturated rings. The van der Waals surface area contributed by atoms with E-state index in [1.807, 2.05) is 48.5 Å². The van der Waals surface area contributed by atoms with Crippen molar-refractivity contribution in [3.63, 3.8) is 0 Å².